The molecule has 1 atom stereocenters. The van der Waals surface area contributed by atoms with Crippen LogP contribution in [0.3, 0.4) is 0 Å². The summed E-state index contributed by atoms with van der Waals surface area (Å²) in [6, 6.07) is 8.02. The molecule has 2 aromatic rings. The summed E-state index contributed by atoms with van der Waals surface area (Å²) < 4.78 is 28.4. The molecule has 1 heterocycles. The summed E-state index contributed by atoms with van der Waals surface area (Å²) in [5.41, 5.74) is 4.20. The molecule has 0 radical (unpaired) electrons. The van der Waals surface area contributed by atoms with E-state index in [1.165, 1.54) is 4.31 Å². The van der Waals surface area contributed by atoms with E-state index in [-0.39, 0.29) is 16.7 Å². The number of aryl methyl sites for hydroxylation is 4. The van der Waals surface area contributed by atoms with Crippen LogP contribution in [0.25, 0.3) is 0 Å². The van der Waals surface area contributed by atoms with Crippen molar-refractivity contribution in [2.45, 2.75) is 65.3 Å². The van der Waals surface area contributed by atoms with Gasteiger partial charge in [0, 0.05) is 24.3 Å². The molecule has 2 N–H and O–H groups in total. The van der Waals surface area contributed by atoms with Gasteiger partial charge in [0.05, 0.1) is 4.90 Å². The summed E-state index contributed by atoms with van der Waals surface area (Å²) in [6.45, 7) is 12.3. The Morgan fingerprint density at radius 3 is 2.26 bits per heavy atom. The number of anilines is 1. The minimum atomic E-state index is -3.83. The minimum absolute atomic E-state index is 0.161. The fourth-order valence-electron chi connectivity index (χ4n) is 4.54. The molecule has 1 aliphatic rings. The van der Waals surface area contributed by atoms with Crippen LogP contribution < -0.4 is 10.6 Å². The Labute approximate surface area is 203 Å². The van der Waals surface area contributed by atoms with E-state index in [0.29, 0.717) is 54.2 Å². The predicted octanol–water partition coefficient (Wildman–Crippen LogP) is 4.10. The number of carbonyl (C=O) groups is 2. The van der Waals surface area contributed by atoms with E-state index < -0.39 is 16.1 Å². The zero-order valence-corrected chi connectivity index (χ0v) is 21.7. The van der Waals surface area contributed by atoms with Crippen molar-refractivity contribution < 1.29 is 18.0 Å². The summed E-state index contributed by atoms with van der Waals surface area (Å²) >= 11 is 0. The molecule has 2 aromatic carbocycles. The van der Waals surface area contributed by atoms with Gasteiger partial charge in [-0.15, -0.1) is 0 Å². The molecule has 1 fully saturated rings. The number of sulfonamides is 1. The summed E-state index contributed by atoms with van der Waals surface area (Å²) in [6.07, 6.45) is 1.08. The van der Waals surface area contributed by atoms with E-state index in [1.54, 1.807) is 32.0 Å². The highest BCUT2D eigenvalue weighted by molar-refractivity contribution is 7.89. The van der Waals surface area contributed by atoms with E-state index in [9.17, 15) is 18.0 Å². The van der Waals surface area contributed by atoms with Gasteiger partial charge in [0.15, 0.2) is 0 Å². The number of benzene rings is 2. The summed E-state index contributed by atoms with van der Waals surface area (Å²) in [4.78, 5) is 25.8. The lowest BCUT2D eigenvalue weighted by molar-refractivity contribution is -0.119. The highest BCUT2D eigenvalue weighted by Crippen LogP contribution is 2.31. The van der Waals surface area contributed by atoms with Crippen molar-refractivity contribution in [3.63, 3.8) is 0 Å². The van der Waals surface area contributed by atoms with Gasteiger partial charge in [-0.1, -0.05) is 31.5 Å². The Morgan fingerprint density at radius 2 is 1.68 bits per heavy atom. The summed E-state index contributed by atoms with van der Waals surface area (Å²) in [5.74, 6) is -0.170. The number of hydrogen-bond donors (Lipinski definition) is 2. The lowest BCUT2D eigenvalue weighted by Crippen LogP contribution is -2.43. The van der Waals surface area contributed by atoms with Crippen LogP contribution in [0.1, 0.15) is 59.3 Å². The SMILES string of the molecule is Cc1cc(C)c(S(=O)(=O)N2CCCC2C(=O)Nc2ccc(C(=O)NCC(C)C)cc2C)c(C)c1. The van der Waals surface area contributed by atoms with Crippen LogP contribution in [-0.2, 0) is 14.8 Å². The first-order valence-corrected chi connectivity index (χ1v) is 13.1. The van der Waals surface area contributed by atoms with Crippen LogP contribution in [-0.4, -0.2) is 43.7 Å². The highest BCUT2D eigenvalue weighted by Gasteiger charge is 2.40. The molecule has 0 bridgehead atoms. The third kappa shape index (κ3) is 5.50. The van der Waals surface area contributed by atoms with Gasteiger partial charge in [-0.2, -0.15) is 4.31 Å². The molecule has 1 aliphatic heterocycles. The monoisotopic (exact) mass is 485 g/mol. The van der Waals surface area contributed by atoms with Crippen molar-refractivity contribution in [3.05, 3.63) is 58.1 Å². The number of amides is 2. The zero-order valence-electron chi connectivity index (χ0n) is 20.9. The van der Waals surface area contributed by atoms with Crippen molar-refractivity contribution in [2.75, 3.05) is 18.4 Å². The molecule has 34 heavy (non-hydrogen) atoms. The third-order valence-electron chi connectivity index (χ3n) is 6.10. The van der Waals surface area contributed by atoms with Crippen LogP contribution in [0.5, 0.6) is 0 Å². The van der Waals surface area contributed by atoms with Crippen LogP contribution in [0.2, 0.25) is 0 Å². The molecule has 184 valence electrons. The second-order valence-corrected chi connectivity index (χ2v) is 11.5. The van der Waals surface area contributed by atoms with Gasteiger partial charge in [-0.25, -0.2) is 8.42 Å². The second kappa shape index (κ2) is 10.3. The minimum Gasteiger partial charge on any atom is -0.352 e. The smallest absolute Gasteiger partial charge is 0.251 e. The topological polar surface area (TPSA) is 95.6 Å². The first-order valence-electron chi connectivity index (χ1n) is 11.7. The number of nitrogens with zero attached hydrogens (tertiary/aromatic N) is 1. The van der Waals surface area contributed by atoms with Crippen LogP contribution >= 0.6 is 0 Å². The lowest BCUT2D eigenvalue weighted by Gasteiger charge is -2.25. The molecular formula is C26H35N3O4S. The average molecular weight is 486 g/mol. The van der Waals surface area contributed by atoms with Crippen molar-refractivity contribution in [1.82, 2.24) is 9.62 Å². The van der Waals surface area contributed by atoms with E-state index in [2.05, 4.69) is 10.6 Å². The number of nitrogens with one attached hydrogen (secondary N) is 2. The Bertz CT molecular complexity index is 1180. The molecule has 0 aromatic heterocycles. The van der Waals surface area contributed by atoms with Crippen LogP contribution in [0.15, 0.2) is 35.2 Å². The van der Waals surface area contributed by atoms with Crippen molar-refractivity contribution in [2.24, 2.45) is 5.92 Å². The maximum atomic E-state index is 13.6. The zero-order chi connectivity index (χ0) is 25.2. The fraction of sp³-hybridized carbons (Fsp3) is 0.462. The maximum absolute atomic E-state index is 13.6. The Hall–Kier alpha value is -2.71. The average Bonchev–Trinajstić information content (AvgIpc) is 3.23. The molecule has 3 rings (SSSR count). The fourth-order valence-corrected chi connectivity index (χ4v) is 6.61. The van der Waals surface area contributed by atoms with Crippen LogP contribution in [0, 0.1) is 33.6 Å². The molecule has 2 amide bonds. The van der Waals surface area contributed by atoms with E-state index >= 15 is 0 Å². The predicted molar refractivity (Wildman–Crippen MR) is 135 cm³/mol. The van der Waals surface area contributed by atoms with E-state index in [1.807, 2.05) is 39.8 Å². The first kappa shape index (κ1) is 25.9. The normalized spacial score (nSPS) is 16.6. The number of hydrogen-bond acceptors (Lipinski definition) is 4. The van der Waals surface area contributed by atoms with Gasteiger partial charge >= 0.3 is 0 Å². The number of carbonyl (C=O) groups excluding carboxylic acids is 2. The Kier molecular flexibility index (Phi) is 7.83. The quantitative estimate of drug-likeness (QED) is 0.617. The second-order valence-electron chi connectivity index (χ2n) is 9.62. The maximum Gasteiger partial charge on any atom is 0.251 e. The number of rotatable bonds is 7. The molecule has 1 saturated heterocycles. The molecule has 8 heteroatoms. The van der Waals surface area contributed by atoms with E-state index in [0.717, 1.165) is 11.1 Å². The molecule has 0 spiro atoms. The van der Waals surface area contributed by atoms with Gasteiger partial charge in [0.1, 0.15) is 6.04 Å². The molecule has 0 saturated carbocycles. The summed E-state index contributed by atoms with van der Waals surface area (Å²) in [5, 5.41) is 5.77. The van der Waals surface area contributed by atoms with Crippen molar-refractivity contribution in [3.8, 4) is 0 Å². The molecule has 0 aliphatic carbocycles. The summed E-state index contributed by atoms with van der Waals surface area (Å²) in [7, 11) is -3.83. The Balaban J connectivity index is 1.79. The van der Waals surface area contributed by atoms with Gasteiger partial charge in [0.25, 0.3) is 5.91 Å². The van der Waals surface area contributed by atoms with Gasteiger partial charge in [0.2, 0.25) is 15.9 Å². The van der Waals surface area contributed by atoms with Gasteiger partial charge in [-0.3, -0.25) is 9.59 Å². The standard InChI is InChI=1S/C26H35N3O4S/c1-16(2)15-27-25(30)21-9-10-22(18(4)14-21)28-26(31)23-8-7-11-29(23)34(32,33)24-19(5)12-17(3)13-20(24)6/h9-10,12-14,16,23H,7-8,11,15H2,1-6H3,(H,27,30)(H,28,31). The molecular weight excluding hydrogens is 450 g/mol. The van der Waals surface area contributed by atoms with Gasteiger partial charge in [-0.05, 0) is 81.3 Å². The molecule has 7 nitrogen and oxygen atoms in total. The van der Waals surface area contributed by atoms with Crippen LogP contribution in [0.4, 0.5) is 5.69 Å². The molecule has 1 unspecified atom stereocenters. The first-order chi connectivity index (χ1) is 15.9. The van der Waals surface area contributed by atoms with Crippen molar-refractivity contribution >= 4 is 27.5 Å². The highest BCUT2D eigenvalue weighted by atomic mass is 32.2. The third-order valence-corrected chi connectivity index (χ3v) is 8.31. The van der Waals surface area contributed by atoms with Gasteiger partial charge < -0.3 is 10.6 Å². The van der Waals surface area contributed by atoms with E-state index in [4.69, 9.17) is 0 Å². The lowest BCUT2D eigenvalue weighted by atomic mass is 10.1. The Morgan fingerprint density at radius 1 is 1.03 bits per heavy atom. The largest absolute Gasteiger partial charge is 0.352 e. The van der Waals surface area contributed by atoms with Crippen molar-refractivity contribution in [1.29, 1.82) is 0 Å².